The van der Waals surface area contributed by atoms with Crippen molar-refractivity contribution in [1.29, 1.82) is 0 Å². The number of aliphatic hydroxyl groups is 1. The van der Waals surface area contributed by atoms with Gasteiger partial charge in [0.1, 0.15) is 0 Å². The first-order valence-corrected chi connectivity index (χ1v) is 4.92. The third kappa shape index (κ3) is 2.91. The van der Waals surface area contributed by atoms with Gasteiger partial charge in [-0.3, -0.25) is 4.90 Å². The third-order valence-corrected chi connectivity index (χ3v) is 2.97. The second-order valence-corrected chi connectivity index (χ2v) is 4.30. The molecule has 1 rings (SSSR count). The predicted octanol–water partition coefficient (Wildman–Crippen LogP) is 1.89. The summed E-state index contributed by atoms with van der Waals surface area (Å²) in [4.78, 5) is 3.10. The number of hydrogen-bond donors (Lipinski definition) is 1. The predicted molar refractivity (Wildman–Crippen MR) is 50.6 cm³/mol. The molecule has 0 amide bonds. The average molecular weight is 236 g/mol. The van der Waals surface area contributed by atoms with Crippen LogP contribution in [-0.4, -0.2) is 23.8 Å². The minimum absolute atomic E-state index is 0.107. The molecule has 4 heteroatoms. The standard InChI is InChI=1S/C7H10BrNOS/c1-9(5-10)3-7-2-6(8)4-11-7/h2,4,10H,3,5H2,1H3. The molecule has 1 heterocycles. The largest absolute Gasteiger partial charge is 0.381 e. The van der Waals surface area contributed by atoms with Crippen molar-refractivity contribution in [3.8, 4) is 0 Å². The minimum atomic E-state index is 0.107. The number of hydrogen-bond acceptors (Lipinski definition) is 3. The first-order valence-electron chi connectivity index (χ1n) is 3.24. The van der Waals surface area contributed by atoms with Gasteiger partial charge in [-0.1, -0.05) is 0 Å². The van der Waals surface area contributed by atoms with Gasteiger partial charge in [-0.2, -0.15) is 0 Å². The maximum atomic E-state index is 8.72. The molecule has 11 heavy (non-hydrogen) atoms. The van der Waals surface area contributed by atoms with Crippen LogP contribution >= 0.6 is 27.3 Å². The van der Waals surface area contributed by atoms with Crippen LogP contribution < -0.4 is 0 Å². The van der Waals surface area contributed by atoms with Crippen LogP contribution in [0.15, 0.2) is 15.9 Å². The summed E-state index contributed by atoms with van der Waals surface area (Å²) in [5, 5.41) is 10.8. The highest BCUT2D eigenvalue weighted by Crippen LogP contribution is 2.20. The Morgan fingerprint density at radius 3 is 2.91 bits per heavy atom. The maximum Gasteiger partial charge on any atom is 0.0957 e. The Labute approximate surface area is 78.6 Å². The van der Waals surface area contributed by atoms with Crippen LogP contribution in [0.1, 0.15) is 4.88 Å². The average Bonchev–Trinajstić information content (AvgIpc) is 2.35. The fourth-order valence-electron chi connectivity index (χ4n) is 0.753. The molecule has 1 aromatic rings. The van der Waals surface area contributed by atoms with Crippen molar-refractivity contribution in [3.63, 3.8) is 0 Å². The van der Waals surface area contributed by atoms with E-state index in [1.807, 2.05) is 17.3 Å². The highest BCUT2D eigenvalue weighted by Gasteiger charge is 2.00. The van der Waals surface area contributed by atoms with Gasteiger partial charge in [0.05, 0.1) is 6.73 Å². The normalized spacial score (nSPS) is 10.9. The van der Waals surface area contributed by atoms with E-state index in [1.165, 1.54) is 4.88 Å². The van der Waals surface area contributed by atoms with E-state index in [0.717, 1.165) is 11.0 Å². The number of rotatable bonds is 3. The molecule has 1 N–H and O–H groups in total. The van der Waals surface area contributed by atoms with Gasteiger partial charge in [0.15, 0.2) is 0 Å². The van der Waals surface area contributed by atoms with Gasteiger partial charge < -0.3 is 5.11 Å². The van der Waals surface area contributed by atoms with E-state index in [4.69, 9.17) is 5.11 Å². The molecule has 0 aliphatic heterocycles. The smallest absolute Gasteiger partial charge is 0.0957 e. The van der Waals surface area contributed by atoms with E-state index >= 15 is 0 Å². The summed E-state index contributed by atoms with van der Waals surface area (Å²) in [7, 11) is 1.88. The quantitative estimate of drug-likeness (QED) is 0.810. The lowest BCUT2D eigenvalue weighted by atomic mass is 10.4. The van der Waals surface area contributed by atoms with Gasteiger partial charge in [0.25, 0.3) is 0 Å². The number of nitrogens with zero attached hydrogens (tertiary/aromatic N) is 1. The monoisotopic (exact) mass is 235 g/mol. The molecule has 0 fully saturated rings. The molecule has 0 bridgehead atoms. The fraction of sp³-hybridized carbons (Fsp3) is 0.429. The maximum absolute atomic E-state index is 8.72. The zero-order valence-electron chi connectivity index (χ0n) is 6.25. The van der Waals surface area contributed by atoms with Crippen LogP contribution in [0, 0.1) is 0 Å². The lowest BCUT2D eigenvalue weighted by Crippen LogP contribution is -2.17. The van der Waals surface area contributed by atoms with Crippen LogP contribution in [0.5, 0.6) is 0 Å². The van der Waals surface area contributed by atoms with Gasteiger partial charge >= 0.3 is 0 Å². The van der Waals surface area contributed by atoms with Crippen LogP contribution in [0.3, 0.4) is 0 Å². The number of aliphatic hydroxyl groups excluding tert-OH is 1. The molecule has 0 saturated carbocycles. The molecule has 1 aromatic heterocycles. The molecule has 0 radical (unpaired) electrons. The fourth-order valence-corrected chi connectivity index (χ4v) is 2.28. The Hall–Kier alpha value is 0.1000. The van der Waals surface area contributed by atoms with E-state index < -0.39 is 0 Å². The van der Waals surface area contributed by atoms with Crippen molar-refractivity contribution in [3.05, 3.63) is 20.8 Å². The molecule has 0 unspecified atom stereocenters. The molecular weight excluding hydrogens is 226 g/mol. The molecule has 0 aliphatic carbocycles. The molecular formula is C7H10BrNOS. The lowest BCUT2D eigenvalue weighted by Gasteiger charge is -2.10. The summed E-state index contributed by atoms with van der Waals surface area (Å²) in [6.45, 7) is 0.919. The second kappa shape index (κ2) is 4.21. The summed E-state index contributed by atoms with van der Waals surface area (Å²) in [6.07, 6.45) is 0. The van der Waals surface area contributed by atoms with Crippen molar-refractivity contribution in [1.82, 2.24) is 4.90 Å². The van der Waals surface area contributed by atoms with Crippen molar-refractivity contribution < 1.29 is 5.11 Å². The van der Waals surface area contributed by atoms with Crippen LogP contribution in [-0.2, 0) is 6.54 Å². The van der Waals surface area contributed by atoms with Gasteiger partial charge in [-0.05, 0) is 29.0 Å². The van der Waals surface area contributed by atoms with E-state index in [9.17, 15) is 0 Å². The summed E-state index contributed by atoms with van der Waals surface area (Å²) in [5.74, 6) is 0. The van der Waals surface area contributed by atoms with Gasteiger partial charge in [-0.25, -0.2) is 0 Å². The summed E-state index contributed by atoms with van der Waals surface area (Å²) < 4.78 is 1.11. The number of halogens is 1. The Kier molecular flexibility index (Phi) is 3.51. The first-order chi connectivity index (χ1) is 5.22. The highest BCUT2D eigenvalue weighted by atomic mass is 79.9. The van der Waals surface area contributed by atoms with Crippen LogP contribution in [0.4, 0.5) is 0 Å². The van der Waals surface area contributed by atoms with Crippen molar-refractivity contribution in [2.24, 2.45) is 0 Å². The van der Waals surface area contributed by atoms with E-state index in [2.05, 4.69) is 22.0 Å². The van der Waals surface area contributed by atoms with Crippen LogP contribution in [0.2, 0.25) is 0 Å². The summed E-state index contributed by atoms with van der Waals surface area (Å²) >= 11 is 5.07. The molecule has 0 aromatic carbocycles. The number of thiophene rings is 1. The summed E-state index contributed by atoms with van der Waals surface area (Å²) in [5.41, 5.74) is 0. The molecule has 62 valence electrons. The van der Waals surface area contributed by atoms with Gasteiger partial charge in [0, 0.05) is 21.3 Å². The molecule has 2 nitrogen and oxygen atoms in total. The van der Waals surface area contributed by atoms with Crippen molar-refractivity contribution in [2.45, 2.75) is 6.54 Å². The SMILES string of the molecule is CN(CO)Cc1cc(Br)cs1. The van der Waals surface area contributed by atoms with Gasteiger partial charge in [0.2, 0.25) is 0 Å². The van der Waals surface area contributed by atoms with Gasteiger partial charge in [-0.15, -0.1) is 11.3 Å². The van der Waals surface area contributed by atoms with Crippen LogP contribution in [0.25, 0.3) is 0 Å². The second-order valence-electron chi connectivity index (χ2n) is 2.39. The minimum Gasteiger partial charge on any atom is -0.381 e. The van der Waals surface area contributed by atoms with Crippen molar-refractivity contribution >= 4 is 27.3 Å². The Morgan fingerprint density at radius 2 is 2.45 bits per heavy atom. The van der Waals surface area contributed by atoms with E-state index in [0.29, 0.717) is 0 Å². The summed E-state index contributed by atoms with van der Waals surface area (Å²) in [6, 6.07) is 2.07. The molecule has 0 aliphatic rings. The van der Waals surface area contributed by atoms with E-state index in [-0.39, 0.29) is 6.73 Å². The zero-order valence-corrected chi connectivity index (χ0v) is 8.65. The topological polar surface area (TPSA) is 23.5 Å². The Bertz CT molecular complexity index is 226. The molecule has 0 saturated heterocycles. The lowest BCUT2D eigenvalue weighted by molar-refractivity contribution is 0.128. The molecule has 0 spiro atoms. The highest BCUT2D eigenvalue weighted by molar-refractivity contribution is 9.10. The Balaban J connectivity index is 2.50. The molecule has 0 atom stereocenters. The Morgan fingerprint density at radius 1 is 1.73 bits per heavy atom. The zero-order chi connectivity index (χ0) is 8.27. The van der Waals surface area contributed by atoms with Crippen molar-refractivity contribution in [2.75, 3.05) is 13.8 Å². The first kappa shape index (κ1) is 9.19. The third-order valence-electron chi connectivity index (χ3n) is 1.29. The van der Waals surface area contributed by atoms with E-state index in [1.54, 1.807) is 11.3 Å².